The highest BCUT2D eigenvalue weighted by Gasteiger charge is 2.23. The van der Waals surface area contributed by atoms with Gasteiger partial charge in [-0.3, -0.25) is 0 Å². The summed E-state index contributed by atoms with van der Waals surface area (Å²) in [5.74, 6) is -1.87. The largest absolute Gasteiger partial charge is 0.478 e. The van der Waals surface area contributed by atoms with E-state index in [1.54, 1.807) is 24.3 Å². The van der Waals surface area contributed by atoms with Gasteiger partial charge in [0.15, 0.2) is 0 Å². The Balaban J connectivity index is 2.50. The first kappa shape index (κ1) is 16.5. The number of carboxylic acid groups (broad SMARTS) is 1. The Kier molecular flexibility index (Phi) is 4.54. The molecule has 2 N–H and O–H groups in total. The minimum Gasteiger partial charge on any atom is -0.478 e. The Morgan fingerprint density at radius 3 is 2.32 bits per heavy atom. The molecule has 0 saturated carbocycles. The van der Waals surface area contributed by atoms with E-state index in [0.717, 1.165) is 5.56 Å². The van der Waals surface area contributed by atoms with Crippen LogP contribution in [0.5, 0.6) is 0 Å². The van der Waals surface area contributed by atoms with Crippen molar-refractivity contribution in [2.45, 2.75) is 25.9 Å². The van der Waals surface area contributed by atoms with E-state index in [9.17, 15) is 19.4 Å². The van der Waals surface area contributed by atoms with Crippen molar-refractivity contribution in [3.63, 3.8) is 0 Å². The Hall–Kier alpha value is -1.91. The SMILES string of the molecule is CC(C)(O)c1cc(F)c(Cc2ccc(Cl)cc2)c(C(=O)O)c1. The van der Waals surface area contributed by atoms with E-state index in [-0.39, 0.29) is 23.1 Å². The molecule has 0 aromatic heterocycles. The molecule has 0 bridgehead atoms. The summed E-state index contributed by atoms with van der Waals surface area (Å²) in [6.45, 7) is 2.96. The normalized spacial score (nSPS) is 11.5. The number of benzene rings is 2. The van der Waals surface area contributed by atoms with Crippen LogP contribution in [0.2, 0.25) is 5.02 Å². The van der Waals surface area contributed by atoms with E-state index >= 15 is 0 Å². The highest BCUT2D eigenvalue weighted by Crippen LogP contribution is 2.27. The van der Waals surface area contributed by atoms with E-state index < -0.39 is 17.4 Å². The van der Waals surface area contributed by atoms with Crippen molar-refractivity contribution in [3.05, 3.63) is 69.5 Å². The summed E-state index contributed by atoms with van der Waals surface area (Å²) in [6.07, 6.45) is 0.136. The second kappa shape index (κ2) is 6.07. The number of carbonyl (C=O) groups is 1. The van der Waals surface area contributed by atoms with Gasteiger partial charge in [-0.15, -0.1) is 0 Å². The van der Waals surface area contributed by atoms with Crippen LogP contribution in [0.4, 0.5) is 4.39 Å². The second-order valence-electron chi connectivity index (χ2n) is 5.65. The third-order valence-corrected chi connectivity index (χ3v) is 3.68. The van der Waals surface area contributed by atoms with Crippen LogP contribution >= 0.6 is 11.6 Å². The van der Waals surface area contributed by atoms with Gasteiger partial charge in [0.1, 0.15) is 5.82 Å². The molecule has 116 valence electrons. The molecule has 2 aromatic carbocycles. The summed E-state index contributed by atoms with van der Waals surface area (Å²) >= 11 is 5.80. The predicted octanol–water partition coefficient (Wildman–Crippen LogP) is 4.00. The number of hydrogen-bond acceptors (Lipinski definition) is 2. The predicted molar refractivity (Wildman–Crippen MR) is 82.9 cm³/mol. The molecule has 0 radical (unpaired) electrons. The van der Waals surface area contributed by atoms with E-state index in [1.165, 1.54) is 26.0 Å². The van der Waals surface area contributed by atoms with Crippen molar-refractivity contribution in [1.29, 1.82) is 0 Å². The fourth-order valence-electron chi connectivity index (χ4n) is 2.17. The van der Waals surface area contributed by atoms with Gasteiger partial charge in [-0.05, 0) is 49.2 Å². The van der Waals surface area contributed by atoms with E-state index in [2.05, 4.69) is 0 Å². The van der Waals surface area contributed by atoms with Crippen LogP contribution in [0.25, 0.3) is 0 Å². The third kappa shape index (κ3) is 3.64. The molecule has 3 nitrogen and oxygen atoms in total. The maximum absolute atomic E-state index is 14.4. The van der Waals surface area contributed by atoms with Gasteiger partial charge in [-0.1, -0.05) is 23.7 Å². The standard InChI is InChI=1S/C17H16ClFO3/c1-17(2,22)11-8-14(16(20)21)13(15(19)9-11)7-10-3-5-12(18)6-4-10/h3-6,8-9,22H,7H2,1-2H3,(H,20,21). The topological polar surface area (TPSA) is 57.5 Å². The second-order valence-corrected chi connectivity index (χ2v) is 6.09. The Morgan fingerprint density at radius 1 is 1.23 bits per heavy atom. The van der Waals surface area contributed by atoms with Crippen molar-refractivity contribution in [1.82, 2.24) is 0 Å². The zero-order valence-corrected chi connectivity index (χ0v) is 13.0. The quantitative estimate of drug-likeness (QED) is 0.894. The lowest BCUT2D eigenvalue weighted by Gasteiger charge is -2.20. The molecule has 0 aliphatic heterocycles. The highest BCUT2D eigenvalue weighted by atomic mass is 35.5. The van der Waals surface area contributed by atoms with Crippen LogP contribution in [-0.2, 0) is 12.0 Å². The molecular weight excluding hydrogens is 307 g/mol. The molecule has 2 aromatic rings. The summed E-state index contributed by atoms with van der Waals surface area (Å²) in [5.41, 5.74) is -0.400. The fourth-order valence-corrected chi connectivity index (χ4v) is 2.29. The number of aliphatic hydroxyl groups is 1. The fraction of sp³-hybridized carbons (Fsp3) is 0.235. The first-order chi connectivity index (χ1) is 10.2. The number of halogens is 2. The summed E-state index contributed by atoms with van der Waals surface area (Å²) in [5, 5.41) is 19.8. The summed E-state index contributed by atoms with van der Waals surface area (Å²) in [7, 11) is 0. The van der Waals surface area contributed by atoms with Crippen LogP contribution < -0.4 is 0 Å². The molecule has 0 saturated heterocycles. The molecule has 0 aliphatic rings. The zero-order chi connectivity index (χ0) is 16.5. The Morgan fingerprint density at radius 2 is 1.82 bits per heavy atom. The summed E-state index contributed by atoms with van der Waals surface area (Å²) < 4.78 is 14.4. The van der Waals surface area contributed by atoms with E-state index in [0.29, 0.717) is 5.02 Å². The van der Waals surface area contributed by atoms with Crippen LogP contribution in [0.1, 0.15) is 40.9 Å². The van der Waals surface area contributed by atoms with Crippen molar-refractivity contribution in [3.8, 4) is 0 Å². The number of rotatable bonds is 4. The zero-order valence-electron chi connectivity index (χ0n) is 12.2. The molecular formula is C17H16ClFO3. The highest BCUT2D eigenvalue weighted by molar-refractivity contribution is 6.30. The van der Waals surface area contributed by atoms with Crippen LogP contribution in [0.15, 0.2) is 36.4 Å². The lowest BCUT2D eigenvalue weighted by molar-refractivity contribution is 0.0690. The lowest BCUT2D eigenvalue weighted by Crippen LogP contribution is -2.18. The van der Waals surface area contributed by atoms with Gasteiger partial charge in [0.05, 0.1) is 11.2 Å². The smallest absolute Gasteiger partial charge is 0.336 e. The minimum atomic E-state index is -1.32. The molecule has 0 aliphatic carbocycles. The first-order valence-electron chi connectivity index (χ1n) is 6.71. The number of hydrogen-bond donors (Lipinski definition) is 2. The molecule has 2 rings (SSSR count). The van der Waals surface area contributed by atoms with Crippen LogP contribution in [0.3, 0.4) is 0 Å². The van der Waals surface area contributed by atoms with Crippen molar-refractivity contribution in [2.75, 3.05) is 0 Å². The van der Waals surface area contributed by atoms with Gasteiger partial charge in [-0.25, -0.2) is 9.18 Å². The third-order valence-electron chi connectivity index (χ3n) is 3.43. The Bertz CT molecular complexity index is 703. The average Bonchev–Trinajstić information content (AvgIpc) is 2.41. The van der Waals surface area contributed by atoms with Gasteiger partial charge < -0.3 is 10.2 Å². The molecule has 0 heterocycles. The van der Waals surface area contributed by atoms with Gasteiger partial charge in [0.25, 0.3) is 0 Å². The van der Waals surface area contributed by atoms with Crippen molar-refractivity contribution in [2.24, 2.45) is 0 Å². The monoisotopic (exact) mass is 322 g/mol. The Labute approximate surface area is 133 Å². The van der Waals surface area contributed by atoms with Crippen molar-refractivity contribution < 1.29 is 19.4 Å². The molecule has 0 unspecified atom stereocenters. The van der Waals surface area contributed by atoms with E-state index in [1.807, 2.05) is 0 Å². The van der Waals surface area contributed by atoms with E-state index in [4.69, 9.17) is 11.6 Å². The molecule has 5 heteroatoms. The minimum absolute atomic E-state index is 0.0859. The summed E-state index contributed by atoms with van der Waals surface area (Å²) in [6, 6.07) is 9.27. The molecule has 0 atom stereocenters. The maximum Gasteiger partial charge on any atom is 0.336 e. The van der Waals surface area contributed by atoms with Crippen LogP contribution in [0, 0.1) is 5.82 Å². The molecule has 0 fully saturated rings. The van der Waals surface area contributed by atoms with Crippen molar-refractivity contribution >= 4 is 17.6 Å². The maximum atomic E-state index is 14.4. The van der Waals surface area contributed by atoms with Gasteiger partial charge in [-0.2, -0.15) is 0 Å². The molecule has 0 amide bonds. The van der Waals surface area contributed by atoms with Crippen LogP contribution in [-0.4, -0.2) is 16.2 Å². The molecule has 0 spiro atoms. The van der Waals surface area contributed by atoms with Gasteiger partial charge in [0, 0.05) is 17.0 Å². The summed E-state index contributed by atoms with van der Waals surface area (Å²) in [4.78, 5) is 11.4. The first-order valence-corrected chi connectivity index (χ1v) is 7.09. The average molecular weight is 323 g/mol. The van der Waals surface area contributed by atoms with Gasteiger partial charge >= 0.3 is 5.97 Å². The molecule has 22 heavy (non-hydrogen) atoms. The van der Waals surface area contributed by atoms with Gasteiger partial charge in [0.2, 0.25) is 0 Å². The number of aromatic carboxylic acids is 1. The number of carboxylic acids is 1. The lowest BCUT2D eigenvalue weighted by atomic mass is 9.91.